The van der Waals surface area contributed by atoms with Gasteiger partial charge in [-0.3, -0.25) is 14.5 Å². The van der Waals surface area contributed by atoms with E-state index in [1.807, 2.05) is 59.5 Å². The zero-order valence-corrected chi connectivity index (χ0v) is 21.8. The van der Waals surface area contributed by atoms with Crippen molar-refractivity contribution in [2.75, 3.05) is 31.5 Å². The molecule has 1 saturated heterocycles. The second-order valence-electron chi connectivity index (χ2n) is 10.1. The van der Waals surface area contributed by atoms with Gasteiger partial charge in [0, 0.05) is 32.2 Å². The predicted octanol–water partition coefficient (Wildman–Crippen LogP) is 3.98. The van der Waals surface area contributed by atoms with E-state index in [1.165, 1.54) is 6.08 Å². The van der Waals surface area contributed by atoms with Crippen LogP contribution in [0.3, 0.4) is 0 Å². The van der Waals surface area contributed by atoms with E-state index in [-0.39, 0.29) is 18.0 Å². The standard InChI is InChI=1S/C29H34N6O3/c1-4-25(36)34-17-16-33(18-24(34)19(2)3)23-14-15-31-27-26(23)32-35(28(27)29(30)37)20-10-12-22(13-11-20)38-21-8-6-5-7-9-21/h4-13,19,23-24,31H,1,14-18H2,2-3H3,(H2,30,37). The van der Waals surface area contributed by atoms with Crippen LogP contribution in [-0.2, 0) is 4.79 Å². The molecule has 0 spiro atoms. The number of amides is 2. The van der Waals surface area contributed by atoms with Crippen molar-refractivity contribution in [3.8, 4) is 17.2 Å². The first-order valence-electron chi connectivity index (χ1n) is 13.0. The number of rotatable bonds is 7. The minimum absolute atomic E-state index is 0.00789. The molecule has 0 saturated carbocycles. The Labute approximate surface area is 222 Å². The number of aromatic nitrogens is 2. The summed E-state index contributed by atoms with van der Waals surface area (Å²) < 4.78 is 7.54. The Kier molecular flexibility index (Phi) is 7.20. The summed E-state index contributed by atoms with van der Waals surface area (Å²) in [4.78, 5) is 29.4. The lowest BCUT2D eigenvalue weighted by Gasteiger charge is -2.46. The van der Waals surface area contributed by atoms with Crippen molar-refractivity contribution < 1.29 is 14.3 Å². The summed E-state index contributed by atoms with van der Waals surface area (Å²) in [6.07, 6.45) is 2.23. The van der Waals surface area contributed by atoms with Crippen LogP contribution in [0.4, 0.5) is 5.69 Å². The Bertz CT molecular complexity index is 1320. The number of benzene rings is 2. The first-order valence-corrected chi connectivity index (χ1v) is 13.0. The number of ether oxygens (including phenoxy) is 1. The van der Waals surface area contributed by atoms with Gasteiger partial charge in [-0.1, -0.05) is 38.6 Å². The Balaban J connectivity index is 1.44. The number of nitrogens with zero attached hydrogens (tertiary/aromatic N) is 4. The maximum absolute atomic E-state index is 12.6. The predicted molar refractivity (Wildman–Crippen MR) is 147 cm³/mol. The van der Waals surface area contributed by atoms with Crippen LogP contribution in [0.2, 0.25) is 0 Å². The topological polar surface area (TPSA) is 106 Å². The number of hydrogen-bond acceptors (Lipinski definition) is 6. The maximum atomic E-state index is 12.6. The number of carbonyl (C=O) groups excluding carboxylic acids is 2. The summed E-state index contributed by atoms with van der Waals surface area (Å²) >= 11 is 0. The molecule has 2 aliphatic heterocycles. The van der Waals surface area contributed by atoms with Crippen LogP contribution in [0, 0.1) is 5.92 Å². The van der Waals surface area contributed by atoms with Crippen LogP contribution in [0.15, 0.2) is 67.3 Å². The van der Waals surface area contributed by atoms with Gasteiger partial charge in [-0.05, 0) is 54.8 Å². The first kappa shape index (κ1) is 25.5. The molecule has 2 aromatic carbocycles. The van der Waals surface area contributed by atoms with Crippen LogP contribution in [0.1, 0.15) is 42.5 Å². The highest BCUT2D eigenvalue weighted by molar-refractivity contribution is 5.98. The third kappa shape index (κ3) is 4.89. The Morgan fingerprint density at radius 3 is 2.47 bits per heavy atom. The Morgan fingerprint density at radius 2 is 1.82 bits per heavy atom. The molecule has 2 amide bonds. The molecular formula is C29H34N6O3. The fourth-order valence-electron chi connectivity index (χ4n) is 5.44. The molecule has 9 nitrogen and oxygen atoms in total. The van der Waals surface area contributed by atoms with E-state index in [9.17, 15) is 9.59 Å². The van der Waals surface area contributed by atoms with E-state index < -0.39 is 5.91 Å². The third-order valence-corrected chi connectivity index (χ3v) is 7.36. The van der Waals surface area contributed by atoms with Gasteiger partial charge in [0.1, 0.15) is 17.2 Å². The molecule has 3 heterocycles. The van der Waals surface area contributed by atoms with Gasteiger partial charge in [0.2, 0.25) is 5.91 Å². The van der Waals surface area contributed by atoms with Gasteiger partial charge in [0.05, 0.1) is 17.4 Å². The van der Waals surface area contributed by atoms with Crippen LogP contribution in [0.5, 0.6) is 11.5 Å². The van der Waals surface area contributed by atoms with E-state index in [2.05, 4.69) is 30.6 Å². The van der Waals surface area contributed by atoms with Crippen LogP contribution < -0.4 is 15.8 Å². The second kappa shape index (κ2) is 10.7. The molecule has 0 bridgehead atoms. The minimum atomic E-state index is -0.544. The molecule has 5 rings (SSSR count). The molecule has 0 aliphatic carbocycles. The van der Waals surface area contributed by atoms with Gasteiger partial charge >= 0.3 is 0 Å². The Hall–Kier alpha value is -4.11. The zero-order valence-electron chi connectivity index (χ0n) is 21.8. The Morgan fingerprint density at radius 1 is 1.11 bits per heavy atom. The van der Waals surface area contributed by atoms with Crippen molar-refractivity contribution in [1.29, 1.82) is 0 Å². The quantitative estimate of drug-likeness (QED) is 0.462. The molecule has 9 heteroatoms. The first-order chi connectivity index (χ1) is 18.4. The van der Waals surface area contributed by atoms with E-state index in [4.69, 9.17) is 15.6 Å². The average Bonchev–Trinajstić information content (AvgIpc) is 3.33. The summed E-state index contributed by atoms with van der Waals surface area (Å²) in [5.41, 5.74) is 8.42. The minimum Gasteiger partial charge on any atom is -0.457 e. The fourth-order valence-corrected chi connectivity index (χ4v) is 5.44. The molecule has 198 valence electrons. The number of anilines is 1. The van der Waals surface area contributed by atoms with Crippen molar-refractivity contribution >= 4 is 17.5 Å². The molecule has 1 fully saturated rings. The van der Waals surface area contributed by atoms with Crippen molar-refractivity contribution in [1.82, 2.24) is 19.6 Å². The summed E-state index contributed by atoms with van der Waals surface area (Å²) in [7, 11) is 0. The third-order valence-electron chi connectivity index (χ3n) is 7.36. The average molecular weight is 515 g/mol. The number of primary amides is 1. The van der Waals surface area contributed by atoms with Crippen molar-refractivity contribution in [2.24, 2.45) is 11.7 Å². The number of fused-ring (bicyclic) bond motifs is 1. The van der Waals surface area contributed by atoms with Crippen molar-refractivity contribution in [2.45, 2.75) is 32.4 Å². The molecule has 2 atom stereocenters. The van der Waals surface area contributed by atoms with Crippen LogP contribution >= 0.6 is 0 Å². The van der Waals surface area contributed by atoms with Gasteiger partial charge in [-0.2, -0.15) is 5.10 Å². The highest BCUT2D eigenvalue weighted by Gasteiger charge is 2.39. The number of nitrogens with one attached hydrogen (secondary N) is 1. The van der Waals surface area contributed by atoms with E-state index in [0.29, 0.717) is 36.1 Å². The molecule has 38 heavy (non-hydrogen) atoms. The summed E-state index contributed by atoms with van der Waals surface area (Å²) in [5, 5.41) is 8.30. The molecule has 1 aromatic heterocycles. The number of para-hydroxylation sites is 1. The molecule has 2 unspecified atom stereocenters. The van der Waals surface area contributed by atoms with Gasteiger partial charge in [0.15, 0.2) is 5.69 Å². The molecule has 3 aromatic rings. The van der Waals surface area contributed by atoms with E-state index in [0.717, 1.165) is 36.6 Å². The van der Waals surface area contributed by atoms with Gasteiger partial charge in [0.25, 0.3) is 5.91 Å². The monoisotopic (exact) mass is 514 g/mol. The summed E-state index contributed by atoms with van der Waals surface area (Å²) in [6.45, 7) is 10.7. The summed E-state index contributed by atoms with van der Waals surface area (Å²) in [5.74, 6) is 1.14. The van der Waals surface area contributed by atoms with Crippen LogP contribution in [0.25, 0.3) is 5.69 Å². The molecular weight excluding hydrogens is 480 g/mol. The van der Waals surface area contributed by atoms with Gasteiger partial charge < -0.3 is 20.7 Å². The number of nitrogens with two attached hydrogens (primary N) is 1. The largest absolute Gasteiger partial charge is 0.457 e. The lowest BCUT2D eigenvalue weighted by Crippen LogP contribution is -2.57. The highest BCUT2D eigenvalue weighted by Crippen LogP contribution is 2.38. The second-order valence-corrected chi connectivity index (χ2v) is 10.1. The number of hydrogen-bond donors (Lipinski definition) is 2. The van der Waals surface area contributed by atoms with E-state index >= 15 is 0 Å². The molecule has 3 N–H and O–H groups in total. The highest BCUT2D eigenvalue weighted by atomic mass is 16.5. The van der Waals surface area contributed by atoms with Crippen molar-refractivity contribution in [3.05, 3.63) is 78.6 Å². The molecule has 2 aliphatic rings. The van der Waals surface area contributed by atoms with Crippen LogP contribution in [-0.4, -0.2) is 63.6 Å². The number of carbonyl (C=O) groups is 2. The smallest absolute Gasteiger partial charge is 0.269 e. The van der Waals surface area contributed by atoms with E-state index in [1.54, 1.807) is 4.68 Å². The lowest BCUT2D eigenvalue weighted by atomic mass is 9.95. The summed E-state index contributed by atoms with van der Waals surface area (Å²) in [6, 6.07) is 17.1. The normalized spacial score (nSPS) is 19.5. The van der Waals surface area contributed by atoms with Gasteiger partial charge in [-0.25, -0.2) is 4.68 Å². The lowest BCUT2D eigenvalue weighted by molar-refractivity contribution is -0.132. The SMILES string of the molecule is C=CC(=O)N1CCN(C2CCNc3c2nn(-c2ccc(Oc4ccccc4)cc2)c3C(N)=O)CC1C(C)C. The number of piperazine rings is 1. The zero-order chi connectivity index (χ0) is 26.8. The fraction of sp³-hybridized carbons (Fsp3) is 0.345. The van der Waals surface area contributed by atoms with Crippen molar-refractivity contribution in [3.63, 3.8) is 0 Å². The maximum Gasteiger partial charge on any atom is 0.269 e. The van der Waals surface area contributed by atoms with Gasteiger partial charge in [-0.15, -0.1) is 0 Å². The molecule has 0 radical (unpaired) electrons.